The Hall–Kier alpha value is -2.88. The fraction of sp³-hybridized carbons (Fsp3) is 0.353. The number of halogens is 1. The van der Waals surface area contributed by atoms with E-state index < -0.39 is 5.82 Å². The van der Waals surface area contributed by atoms with Gasteiger partial charge in [0.05, 0.1) is 17.6 Å². The first-order valence-electron chi connectivity index (χ1n) is 7.49. The van der Waals surface area contributed by atoms with E-state index in [-0.39, 0.29) is 29.3 Å². The van der Waals surface area contributed by atoms with Gasteiger partial charge < -0.3 is 9.64 Å². The zero-order valence-corrected chi connectivity index (χ0v) is 13.7. The number of hydrogen-bond acceptors (Lipinski definition) is 5. The number of rotatable bonds is 3. The Balaban J connectivity index is 1.83. The summed E-state index contributed by atoms with van der Waals surface area (Å²) in [6, 6.07) is 7.67. The molecule has 6 nitrogen and oxygen atoms in total. The molecule has 24 heavy (non-hydrogen) atoms. The van der Waals surface area contributed by atoms with E-state index in [0.29, 0.717) is 12.1 Å². The number of fused-ring (bicyclic) bond motifs is 1. The molecule has 2 aromatic rings. The van der Waals surface area contributed by atoms with Crippen molar-refractivity contribution in [3.8, 4) is 11.9 Å². The Kier molecular flexibility index (Phi) is 3.76. The summed E-state index contributed by atoms with van der Waals surface area (Å²) in [7, 11) is 1.92. The first kappa shape index (κ1) is 16.0. The van der Waals surface area contributed by atoms with Gasteiger partial charge in [0.2, 0.25) is 5.88 Å². The van der Waals surface area contributed by atoms with Crippen LogP contribution in [-0.4, -0.2) is 22.1 Å². The van der Waals surface area contributed by atoms with E-state index in [4.69, 9.17) is 10.00 Å². The van der Waals surface area contributed by atoms with Gasteiger partial charge in [0.1, 0.15) is 24.3 Å². The van der Waals surface area contributed by atoms with Gasteiger partial charge >= 0.3 is 5.69 Å². The average Bonchev–Trinajstić information content (AvgIpc) is 2.78. The second kappa shape index (κ2) is 5.64. The summed E-state index contributed by atoms with van der Waals surface area (Å²) in [4.78, 5) is 18.1. The van der Waals surface area contributed by atoms with Crippen molar-refractivity contribution in [2.24, 2.45) is 0 Å². The largest absolute Gasteiger partial charge is 0.473 e. The number of benzene rings is 1. The summed E-state index contributed by atoms with van der Waals surface area (Å²) in [5.41, 5.74) is 0.0471. The van der Waals surface area contributed by atoms with Gasteiger partial charge in [-0.15, -0.1) is 0 Å². The lowest BCUT2D eigenvalue weighted by Gasteiger charge is -2.28. The highest BCUT2D eigenvalue weighted by molar-refractivity contribution is 5.47. The zero-order chi connectivity index (χ0) is 17.5. The van der Waals surface area contributed by atoms with Gasteiger partial charge in [-0.2, -0.15) is 10.2 Å². The van der Waals surface area contributed by atoms with Crippen LogP contribution >= 0.6 is 0 Å². The predicted molar refractivity (Wildman–Crippen MR) is 86.4 cm³/mol. The molecule has 0 atom stereocenters. The second-order valence-electron chi connectivity index (χ2n) is 6.41. The maximum Gasteiger partial charge on any atom is 0.352 e. The molecule has 1 aromatic carbocycles. The highest BCUT2D eigenvalue weighted by Gasteiger charge is 2.34. The van der Waals surface area contributed by atoms with Gasteiger partial charge in [0.15, 0.2) is 0 Å². The highest BCUT2D eigenvalue weighted by Crippen LogP contribution is 2.31. The first-order valence-corrected chi connectivity index (χ1v) is 7.49. The molecule has 0 N–H and O–H groups in total. The van der Waals surface area contributed by atoms with Crippen molar-refractivity contribution >= 4 is 5.82 Å². The third kappa shape index (κ3) is 2.71. The molecule has 0 aliphatic carbocycles. The molecule has 2 heterocycles. The molecule has 0 amide bonds. The van der Waals surface area contributed by atoms with Crippen LogP contribution in [0.25, 0.3) is 0 Å². The molecular formula is C17H17FN4O2. The van der Waals surface area contributed by atoms with Gasteiger partial charge in [-0.3, -0.25) is 4.57 Å². The lowest BCUT2D eigenvalue weighted by Crippen LogP contribution is -2.38. The van der Waals surface area contributed by atoms with E-state index in [2.05, 4.69) is 4.98 Å². The molecule has 124 valence electrons. The smallest absolute Gasteiger partial charge is 0.352 e. The molecule has 0 fully saturated rings. The molecule has 1 aromatic heterocycles. The number of nitriles is 1. The van der Waals surface area contributed by atoms with E-state index in [1.807, 2.05) is 25.8 Å². The summed E-state index contributed by atoms with van der Waals surface area (Å²) in [6.45, 7) is 4.75. The van der Waals surface area contributed by atoms with Crippen molar-refractivity contribution < 1.29 is 9.13 Å². The Labute approximate surface area is 138 Å². The number of ether oxygens (including phenoxy) is 1. The van der Waals surface area contributed by atoms with Crippen molar-refractivity contribution in [3.63, 3.8) is 0 Å². The van der Waals surface area contributed by atoms with Gasteiger partial charge in [-0.1, -0.05) is 6.07 Å². The Morgan fingerprint density at radius 3 is 2.88 bits per heavy atom. The normalized spacial score (nSPS) is 15.0. The summed E-state index contributed by atoms with van der Waals surface area (Å²) in [5.74, 6) is 0.379. The molecule has 0 unspecified atom stereocenters. The quantitative estimate of drug-likeness (QED) is 0.862. The molecule has 1 aliphatic heterocycles. The molecule has 0 bridgehead atoms. The second-order valence-corrected chi connectivity index (χ2v) is 6.41. The Morgan fingerprint density at radius 1 is 1.42 bits per heavy atom. The first-order chi connectivity index (χ1) is 11.3. The van der Waals surface area contributed by atoms with Crippen molar-refractivity contribution in [2.45, 2.75) is 32.5 Å². The highest BCUT2D eigenvalue weighted by atomic mass is 19.1. The van der Waals surface area contributed by atoms with Crippen molar-refractivity contribution in [1.29, 1.82) is 5.26 Å². The average molecular weight is 328 g/mol. The predicted octanol–water partition coefficient (Wildman–Crippen LogP) is 2.06. The van der Waals surface area contributed by atoms with E-state index in [0.717, 1.165) is 5.82 Å². The molecule has 0 saturated heterocycles. The van der Waals surface area contributed by atoms with Crippen LogP contribution in [0.3, 0.4) is 0 Å². The van der Waals surface area contributed by atoms with Crippen LogP contribution in [-0.2, 0) is 13.2 Å². The summed E-state index contributed by atoms with van der Waals surface area (Å²) in [5, 5.41) is 8.86. The summed E-state index contributed by atoms with van der Waals surface area (Å²) < 4.78 is 20.5. The third-order valence-electron chi connectivity index (χ3n) is 4.30. The van der Waals surface area contributed by atoms with E-state index in [1.54, 1.807) is 16.7 Å². The van der Waals surface area contributed by atoms with Crippen LogP contribution in [0.2, 0.25) is 0 Å². The van der Waals surface area contributed by atoms with Crippen molar-refractivity contribution in [2.75, 3.05) is 11.9 Å². The number of likely N-dealkylation sites (N-methyl/N-ethyl adjacent to an activating group) is 1. The monoisotopic (exact) mass is 328 g/mol. The van der Waals surface area contributed by atoms with E-state index >= 15 is 0 Å². The molecule has 7 heteroatoms. The molecule has 1 aliphatic rings. The van der Waals surface area contributed by atoms with Gasteiger partial charge in [-0.05, 0) is 31.5 Å². The topological polar surface area (TPSA) is 71.2 Å². The van der Waals surface area contributed by atoms with Crippen molar-refractivity contribution in [1.82, 2.24) is 9.55 Å². The minimum Gasteiger partial charge on any atom is -0.473 e. The maximum absolute atomic E-state index is 13.3. The number of aromatic nitrogens is 2. The summed E-state index contributed by atoms with van der Waals surface area (Å²) >= 11 is 0. The Bertz CT molecular complexity index is 898. The standard InChI is InChI=1S/C17H17FN4O2/c1-17(2)10-22-15(21(17)3)7-14(20-16(22)23)24-9-11-4-5-13(18)12(6-11)8-19/h4-7H,9-10H2,1-3H3. The third-order valence-corrected chi connectivity index (χ3v) is 4.30. The SMILES string of the molecule is CN1c2cc(OCc3ccc(F)c(C#N)c3)nc(=O)n2CC1(C)C. The van der Waals surface area contributed by atoms with E-state index in [1.165, 1.54) is 18.2 Å². The number of anilines is 1. The summed E-state index contributed by atoms with van der Waals surface area (Å²) in [6.07, 6.45) is 0. The molecular weight excluding hydrogens is 311 g/mol. The van der Waals surface area contributed by atoms with E-state index in [9.17, 15) is 9.18 Å². The van der Waals surface area contributed by atoms with Crippen LogP contribution < -0.4 is 15.3 Å². The molecule has 0 spiro atoms. The van der Waals surface area contributed by atoms with Crippen molar-refractivity contribution in [3.05, 3.63) is 51.7 Å². The number of hydrogen-bond donors (Lipinski definition) is 0. The van der Waals surface area contributed by atoms with Gasteiger partial charge in [0, 0.05) is 13.1 Å². The van der Waals surface area contributed by atoms with Crippen LogP contribution in [0.1, 0.15) is 25.0 Å². The number of nitrogens with zero attached hydrogens (tertiary/aromatic N) is 4. The molecule has 0 saturated carbocycles. The van der Waals surface area contributed by atoms with Gasteiger partial charge in [-0.25, -0.2) is 9.18 Å². The fourth-order valence-corrected chi connectivity index (χ4v) is 2.68. The van der Waals surface area contributed by atoms with Gasteiger partial charge in [0.25, 0.3) is 0 Å². The molecule has 3 rings (SSSR count). The Morgan fingerprint density at radius 2 is 2.17 bits per heavy atom. The lowest BCUT2D eigenvalue weighted by atomic mass is 10.1. The minimum absolute atomic E-state index is 0.0421. The van der Waals surface area contributed by atoms with Crippen LogP contribution in [0, 0.1) is 17.1 Å². The maximum atomic E-state index is 13.3. The molecule has 0 radical (unpaired) electrons. The lowest BCUT2D eigenvalue weighted by molar-refractivity contribution is 0.291. The van der Waals surface area contributed by atoms with Crippen LogP contribution in [0.5, 0.6) is 5.88 Å². The van der Waals surface area contributed by atoms with Crippen LogP contribution in [0.15, 0.2) is 29.1 Å². The van der Waals surface area contributed by atoms with Crippen LogP contribution in [0.4, 0.5) is 10.2 Å². The zero-order valence-electron chi connectivity index (χ0n) is 13.7. The fourth-order valence-electron chi connectivity index (χ4n) is 2.68. The minimum atomic E-state index is -0.570.